The zero-order valence-electron chi connectivity index (χ0n) is 11.1. The van der Waals surface area contributed by atoms with Crippen LogP contribution in [0.15, 0.2) is 18.2 Å². The first-order chi connectivity index (χ1) is 9.03. The molecule has 0 aliphatic rings. The lowest BCUT2D eigenvalue weighted by atomic mass is 9.95. The number of Topliss-reactive ketones (excluding diaryl/α,β-unsaturated/α-hetero) is 1. The van der Waals surface area contributed by atoms with Crippen molar-refractivity contribution in [1.29, 1.82) is 5.26 Å². The first kappa shape index (κ1) is 14.7. The third-order valence-corrected chi connectivity index (χ3v) is 2.82. The van der Waals surface area contributed by atoms with Crippen molar-refractivity contribution in [3.05, 3.63) is 29.3 Å². The molecule has 1 aromatic rings. The number of nitriles is 1. The normalized spacial score (nSPS) is 11.3. The van der Waals surface area contributed by atoms with Crippen molar-refractivity contribution in [2.45, 2.75) is 13.3 Å². The Hall–Kier alpha value is -2.35. The van der Waals surface area contributed by atoms with Crippen LogP contribution in [0.1, 0.15) is 18.1 Å². The summed E-state index contributed by atoms with van der Waals surface area (Å²) in [5.41, 5.74) is 1.14. The van der Waals surface area contributed by atoms with Crippen molar-refractivity contribution in [3.8, 4) is 11.8 Å². The van der Waals surface area contributed by atoms with E-state index in [1.54, 1.807) is 18.2 Å². The highest BCUT2D eigenvalue weighted by atomic mass is 16.5. The van der Waals surface area contributed by atoms with Gasteiger partial charge in [-0.25, -0.2) is 0 Å². The van der Waals surface area contributed by atoms with Crippen LogP contribution in [0.4, 0.5) is 0 Å². The number of rotatable bonds is 5. The van der Waals surface area contributed by atoms with Gasteiger partial charge in [-0.2, -0.15) is 5.26 Å². The van der Waals surface area contributed by atoms with Gasteiger partial charge < -0.3 is 9.47 Å². The quantitative estimate of drug-likeness (QED) is 0.592. The molecule has 0 aliphatic carbocycles. The molecule has 0 aliphatic heterocycles. The second kappa shape index (κ2) is 6.55. The predicted octanol–water partition coefficient (Wildman–Crippen LogP) is 1.49. The highest BCUT2D eigenvalue weighted by Crippen LogP contribution is 2.23. The van der Waals surface area contributed by atoms with E-state index in [0.717, 1.165) is 0 Å². The van der Waals surface area contributed by atoms with E-state index in [2.05, 4.69) is 4.74 Å². The summed E-state index contributed by atoms with van der Waals surface area (Å²) in [6.45, 7) is 1.34. The van der Waals surface area contributed by atoms with Gasteiger partial charge >= 0.3 is 5.97 Å². The number of hydrogen-bond donors (Lipinski definition) is 0. The van der Waals surface area contributed by atoms with Crippen LogP contribution in [0.2, 0.25) is 0 Å². The van der Waals surface area contributed by atoms with Crippen molar-refractivity contribution >= 4 is 11.8 Å². The average molecular weight is 261 g/mol. The lowest BCUT2D eigenvalue weighted by Gasteiger charge is -2.14. The first-order valence-electron chi connectivity index (χ1n) is 5.68. The van der Waals surface area contributed by atoms with E-state index in [1.165, 1.54) is 21.1 Å². The maximum atomic E-state index is 11.5. The molecule has 1 unspecified atom stereocenters. The molecule has 1 aromatic carbocycles. The third-order valence-electron chi connectivity index (χ3n) is 2.82. The average Bonchev–Trinajstić information content (AvgIpc) is 2.43. The van der Waals surface area contributed by atoms with Crippen LogP contribution in [0, 0.1) is 17.2 Å². The molecule has 0 saturated heterocycles. The van der Waals surface area contributed by atoms with Gasteiger partial charge in [0.1, 0.15) is 17.5 Å². The van der Waals surface area contributed by atoms with Gasteiger partial charge in [-0.3, -0.25) is 9.59 Å². The number of carbonyl (C=O) groups excluding carboxylic acids is 2. The molecule has 0 N–H and O–H groups in total. The van der Waals surface area contributed by atoms with Crippen molar-refractivity contribution < 1.29 is 19.1 Å². The van der Waals surface area contributed by atoms with Crippen LogP contribution < -0.4 is 4.74 Å². The van der Waals surface area contributed by atoms with Crippen molar-refractivity contribution in [3.63, 3.8) is 0 Å². The molecule has 100 valence electrons. The van der Waals surface area contributed by atoms with E-state index in [0.29, 0.717) is 16.9 Å². The Balaban J connectivity index is 3.06. The molecule has 0 saturated carbocycles. The molecular weight excluding hydrogens is 246 g/mol. The van der Waals surface area contributed by atoms with E-state index < -0.39 is 11.9 Å². The van der Waals surface area contributed by atoms with Gasteiger partial charge in [0, 0.05) is 0 Å². The number of nitrogens with zero attached hydrogens (tertiary/aromatic N) is 1. The summed E-state index contributed by atoms with van der Waals surface area (Å²) < 4.78 is 9.78. The van der Waals surface area contributed by atoms with Gasteiger partial charge in [0.2, 0.25) is 0 Å². The van der Waals surface area contributed by atoms with Crippen molar-refractivity contribution in [1.82, 2.24) is 0 Å². The van der Waals surface area contributed by atoms with Gasteiger partial charge in [0.15, 0.2) is 0 Å². The molecule has 0 aromatic heterocycles. The molecular formula is C14H15NO4. The summed E-state index contributed by atoms with van der Waals surface area (Å²) in [7, 11) is 2.72. The largest absolute Gasteiger partial charge is 0.496 e. The highest BCUT2D eigenvalue weighted by Gasteiger charge is 2.25. The zero-order chi connectivity index (χ0) is 14.4. The van der Waals surface area contributed by atoms with Crippen LogP contribution in [-0.4, -0.2) is 26.0 Å². The predicted molar refractivity (Wildman–Crippen MR) is 67.6 cm³/mol. The highest BCUT2D eigenvalue weighted by molar-refractivity contribution is 5.98. The number of esters is 1. The molecule has 0 bridgehead atoms. The molecule has 1 rings (SSSR count). The topological polar surface area (TPSA) is 76.4 Å². The lowest BCUT2D eigenvalue weighted by Crippen LogP contribution is -2.25. The minimum absolute atomic E-state index is 0.191. The Morgan fingerprint density at radius 3 is 2.53 bits per heavy atom. The molecule has 0 radical (unpaired) electrons. The summed E-state index contributed by atoms with van der Waals surface area (Å²) in [6, 6.07) is 6.87. The van der Waals surface area contributed by atoms with Crippen LogP contribution in [-0.2, 0) is 20.7 Å². The van der Waals surface area contributed by atoms with E-state index in [4.69, 9.17) is 10.00 Å². The number of ketones is 1. The Kier molecular flexibility index (Phi) is 5.07. The SMILES string of the molecule is COC(=O)C(Cc1ccc(C#N)cc1OC)C(C)=O. The number of carbonyl (C=O) groups is 2. The van der Waals surface area contributed by atoms with Crippen LogP contribution >= 0.6 is 0 Å². The molecule has 5 heteroatoms. The minimum atomic E-state index is -0.855. The monoisotopic (exact) mass is 261 g/mol. The Morgan fingerprint density at radius 1 is 1.37 bits per heavy atom. The van der Waals surface area contributed by atoms with Gasteiger partial charge in [-0.1, -0.05) is 6.07 Å². The summed E-state index contributed by atoms with van der Waals surface area (Å²) in [4.78, 5) is 23.0. The van der Waals surface area contributed by atoms with Crippen molar-refractivity contribution in [2.75, 3.05) is 14.2 Å². The van der Waals surface area contributed by atoms with Gasteiger partial charge in [0.05, 0.1) is 25.9 Å². The molecule has 0 spiro atoms. The summed E-state index contributed by atoms with van der Waals surface area (Å²) in [5.74, 6) is -1.21. The third kappa shape index (κ3) is 3.55. The van der Waals surface area contributed by atoms with Gasteiger partial charge in [-0.15, -0.1) is 0 Å². The minimum Gasteiger partial charge on any atom is -0.496 e. The maximum Gasteiger partial charge on any atom is 0.316 e. The molecule has 19 heavy (non-hydrogen) atoms. The molecule has 1 atom stereocenters. The number of methoxy groups -OCH3 is 2. The molecule has 0 fully saturated rings. The van der Waals surface area contributed by atoms with Gasteiger partial charge in [0.25, 0.3) is 0 Å². The number of hydrogen-bond acceptors (Lipinski definition) is 5. The van der Waals surface area contributed by atoms with E-state index in [1.807, 2.05) is 6.07 Å². The summed E-state index contributed by atoms with van der Waals surface area (Å²) in [5, 5.41) is 8.81. The number of benzene rings is 1. The Bertz CT molecular complexity index is 531. The van der Waals surface area contributed by atoms with E-state index in [9.17, 15) is 9.59 Å². The van der Waals surface area contributed by atoms with E-state index >= 15 is 0 Å². The second-order valence-electron chi connectivity index (χ2n) is 4.03. The fraction of sp³-hybridized carbons (Fsp3) is 0.357. The molecule has 0 heterocycles. The van der Waals surface area contributed by atoms with Crippen LogP contribution in [0.5, 0.6) is 5.75 Å². The smallest absolute Gasteiger partial charge is 0.316 e. The van der Waals surface area contributed by atoms with Crippen molar-refractivity contribution in [2.24, 2.45) is 5.92 Å². The molecule has 5 nitrogen and oxygen atoms in total. The van der Waals surface area contributed by atoms with E-state index in [-0.39, 0.29) is 12.2 Å². The Morgan fingerprint density at radius 2 is 2.05 bits per heavy atom. The standard InChI is InChI=1S/C14H15NO4/c1-9(16)12(14(17)19-3)7-11-5-4-10(8-15)6-13(11)18-2/h4-6,12H,7H2,1-3H3. The lowest BCUT2D eigenvalue weighted by molar-refractivity contribution is -0.148. The summed E-state index contributed by atoms with van der Waals surface area (Å²) in [6.07, 6.45) is 0.191. The second-order valence-corrected chi connectivity index (χ2v) is 4.03. The summed E-state index contributed by atoms with van der Waals surface area (Å²) >= 11 is 0. The van der Waals surface area contributed by atoms with Crippen LogP contribution in [0.25, 0.3) is 0 Å². The van der Waals surface area contributed by atoms with Crippen LogP contribution in [0.3, 0.4) is 0 Å². The fourth-order valence-electron chi connectivity index (χ4n) is 1.74. The van der Waals surface area contributed by atoms with Gasteiger partial charge in [-0.05, 0) is 31.0 Å². The zero-order valence-corrected chi connectivity index (χ0v) is 11.1. The molecule has 0 amide bonds. The maximum absolute atomic E-state index is 11.5. The Labute approximate surface area is 111 Å². The fourth-order valence-corrected chi connectivity index (χ4v) is 1.74. The number of ether oxygens (including phenoxy) is 2. The first-order valence-corrected chi connectivity index (χ1v) is 5.68.